The maximum Gasteiger partial charge on any atom is 0.258 e. The fourth-order valence-electron chi connectivity index (χ4n) is 3.67. The predicted octanol–water partition coefficient (Wildman–Crippen LogP) is 3.47. The number of rotatable bonds is 5. The van der Waals surface area contributed by atoms with E-state index in [4.69, 9.17) is 15.0 Å². The standard InChI is InChI=1S/C22H26N4O2/c1-15-12-26(13-16(2)27-15)14-18-5-9-20(10-6-18)22-24-21(25-28-22)19-7-3-17(11-23)4-8-19/h3-10,15-16H,11-14,23H2,1-2H3. The van der Waals surface area contributed by atoms with Gasteiger partial charge in [0.25, 0.3) is 5.89 Å². The van der Waals surface area contributed by atoms with Crippen molar-refractivity contribution in [1.29, 1.82) is 0 Å². The molecule has 0 saturated carbocycles. The van der Waals surface area contributed by atoms with Crippen LogP contribution in [0.5, 0.6) is 0 Å². The van der Waals surface area contributed by atoms with Crippen molar-refractivity contribution in [2.24, 2.45) is 5.73 Å². The fraction of sp³-hybridized carbons (Fsp3) is 0.364. The number of benzene rings is 2. The highest BCUT2D eigenvalue weighted by atomic mass is 16.5. The van der Waals surface area contributed by atoms with Crippen LogP contribution < -0.4 is 5.73 Å². The van der Waals surface area contributed by atoms with E-state index in [2.05, 4.69) is 41.0 Å². The summed E-state index contributed by atoms with van der Waals surface area (Å²) in [6, 6.07) is 16.2. The number of nitrogens with zero attached hydrogens (tertiary/aromatic N) is 3. The molecule has 6 heteroatoms. The first-order chi connectivity index (χ1) is 13.6. The molecule has 0 amide bonds. The Morgan fingerprint density at radius 3 is 2.18 bits per heavy atom. The van der Waals surface area contributed by atoms with Crippen LogP contribution in [0.4, 0.5) is 0 Å². The Hall–Kier alpha value is -2.54. The Kier molecular flexibility index (Phi) is 5.52. The molecule has 2 atom stereocenters. The molecule has 2 unspecified atom stereocenters. The third-order valence-corrected chi connectivity index (χ3v) is 4.98. The third kappa shape index (κ3) is 4.30. The summed E-state index contributed by atoms with van der Waals surface area (Å²) in [4.78, 5) is 6.97. The monoisotopic (exact) mass is 378 g/mol. The van der Waals surface area contributed by atoms with Gasteiger partial charge in [-0.25, -0.2) is 0 Å². The predicted molar refractivity (Wildman–Crippen MR) is 108 cm³/mol. The molecule has 0 spiro atoms. The van der Waals surface area contributed by atoms with Crippen LogP contribution in [0.2, 0.25) is 0 Å². The topological polar surface area (TPSA) is 77.4 Å². The van der Waals surface area contributed by atoms with Crippen molar-refractivity contribution in [2.75, 3.05) is 13.1 Å². The van der Waals surface area contributed by atoms with Gasteiger partial charge in [0.05, 0.1) is 12.2 Å². The van der Waals surface area contributed by atoms with Gasteiger partial charge in [-0.1, -0.05) is 41.6 Å². The Morgan fingerprint density at radius 1 is 0.929 bits per heavy atom. The molecule has 6 nitrogen and oxygen atoms in total. The van der Waals surface area contributed by atoms with Gasteiger partial charge < -0.3 is 15.0 Å². The van der Waals surface area contributed by atoms with E-state index in [9.17, 15) is 0 Å². The number of hydrogen-bond acceptors (Lipinski definition) is 6. The van der Waals surface area contributed by atoms with E-state index in [0.717, 1.165) is 36.3 Å². The zero-order valence-electron chi connectivity index (χ0n) is 16.3. The lowest BCUT2D eigenvalue weighted by Crippen LogP contribution is -2.44. The van der Waals surface area contributed by atoms with Gasteiger partial charge >= 0.3 is 0 Å². The molecule has 2 aromatic carbocycles. The van der Waals surface area contributed by atoms with Crippen LogP contribution in [0.15, 0.2) is 53.1 Å². The minimum absolute atomic E-state index is 0.277. The summed E-state index contributed by atoms with van der Waals surface area (Å²) in [6.45, 7) is 7.61. The molecule has 3 aromatic rings. The van der Waals surface area contributed by atoms with Crippen molar-refractivity contribution in [3.05, 3.63) is 59.7 Å². The van der Waals surface area contributed by atoms with E-state index >= 15 is 0 Å². The molecule has 28 heavy (non-hydrogen) atoms. The molecule has 0 aliphatic carbocycles. The van der Waals surface area contributed by atoms with E-state index in [1.54, 1.807) is 0 Å². The lowest BCUT2D eigenvalue weighted by atomic mass is 10.1. The van der Waals surface area contributed by atoms with Gasteiger partial charge in [0.15, 0.2) is 0 Å². The van der Waals surface area contributed by atoms with Gasteiger partial charge in [0, 0.05) is 37.3 Å². The molecule has 1 saturated heterocycles. The normalized spacial score (nSPS) is 20.4. The highest BCUT2D eigenvalue weighted by Crippen LogP contribution is 2.23. The van der Waals surface area contributed by atoms with Gasteiger partial charge in [-0.2, -0.15) is 4.98 Å². The third-order valence-electron chi connectivity index (χ3n) is 4.98. The molecule has 0 radical (unpaired) electrons. The largest absolute Gasteiger partial charge is 0.373 e. The Labute approximate surface area is 165 Å². The molecule has 2 N–H and O–H groups in total. The number of ether oxygens (including phenoxy) is 1. The fourth-order valence-corrected chi connectivity index (χ4v) is 3.67. The zero-order chi connectivity index (χ0) is 19.5. The summed E-state index contributed by atoms with van der Waals surface area (Å²) in [7, 11) is 0. The number of morpholine rings is 1. The second kappa shape index (κ2) is 8.22. The maximum atomic E-state index is 5.81. The van der Waals surface area contributed by atoms with Crippen LogP contribution >= 0.6 is 0 Å². The van der Waals surface area contributed by atoms with Gasteiger partial charge in [-0.3, -0.25) is 4.90 Å². The first-order valence-corrected chi connectivity index (χ1v) is 9.71. The average Bonchev–Trinajstić information content (AvgIpc) is 3.18. The van der Waals surface area contributed by atoms with Crippen molar-refractivity contribution in [3.8, 4) is 22.8 Å². The van der Waals surface area contributed by atoms with Crippen LogP contribution in [0.1, 0.15) is 25.0 Å². The van der Waals surface area contributed by atoms with Gasteiger partial charge in [0.2, 0.25) is 5.82 Å². The molecule has 1 aromatic heterocycles. The van der Waals surface area contributed by atoms with E-state index < -0.39 is 0 Å². The number of aromatic nitrogens is 2. The van der Waals surface area contributed by atoms with Crippen molar-refractivity contribution < 1.29 is 9.26 Å². The Balaban J connectivity index is 1.44. The summed E-state index contributed by atoms with van der Waals surface area (Å²) in [6.07, 6.45) is 0.553. The first kappa shape index (κ1) is 18.8. The van der Waals surface area contributed by atoms with Crippen LogP contribution in [-0.2, 0) is 17.8 Å². The molecule has 0 bridgehead atoms. The number of nitrogens with two attached hydrogens (primary N) is 1. The highest BCUT2D eigenvalue weighted by Gasteiger charge is 2.22. The van der Waals surface area contributed by atoms with Crippen LogP contribution in [0.25, 0.3) is 22.8 Å². The molecular weight excluding hydrogens is 352 g/mol. The van der Waals surface area contributed by atoms with E-state index in [1.807, 2.05) is 36.4 Å². The van der Waals surface area contributed by atoms with E-state index in [1.165, 1.54) is 5.56 Å². The summed E-state index contributed by atoms with van der Waals surface area (Å²) in [5.41, 5.74) is 9.82. The molecule has 4 rings (SSSR count). The minimum atomic E-state index is 0.277. The van der Waals surface area contributed by atoms with Crippen LogP contribution in [-0.4, -0.2) is 40.3 Å². The second-order valence-electron chi connectivity index (χ2n) is 7.47. The van der Waals surface area contributed by atoms with Crippen molar-refractivity contribution in [1.82, 2.24) is 15.0 Å². The highest BCUT2D eigenvalue weighted by molar-refractivity contribution is 5.60. The molecule has 2 heterocycles. The Bertz CT molecular complexity index is 895. The van der Waals surface area contributed by atoms with Crippen molar-refractivity contribution in [2.45, 2.75) is 39.1 Å². The van der Waals surface area contributed by atoms with Gasteiger partial charge in [-0.05, 0) is 37.1 Å². The summed E-state index contributed by atoms with van der Waals surface area (Å²) < 4.78 is 11.3. The van der Waals surface area contributed by atoms with E-state index in [-0.39, 0.29) is 12.2 Å². The summed E-state index contributed by atoms with van der Waals surface area (Å²) >= 11 is 0. The minimum Gasteiger partial charge on any atom is -0.373 e. The number of hydrogen-bond donors (Lipinski definition) is 1. The first-order valence-electron chi connectivity index (χ1n) is 9.71. The molecule has 1 aliphatic heterocycles. The van der Waals surface area contributed by atoms with E-state index in [0.29, 0.717) is 18.3 Å². The Morgan fingerprint density at radius 2 is 1.54 bits per heavy atom. The second-order valence-corrected chi connectivity index (χ2v) is 7.47. The van der Waals surface area contributed by atoms with Crippen LogP contribution in [0.3, 0.4) is 0 Å². The molecule has 1 fully saturated rings. The SMILES string of the molecule is CC1CN(Cc2ccc(-c3nc(-c4ccc(CN)cc4)no3)cc2)CC(C)O1. The molecule has 146 valence electrons. The van der Waals surface area contributed by atoms with Crippen molar-refractivity contribution >= 4 is 0 Å². The lowest BCUT2D eigenvalue weighted by Gasteiger charge is -2.35. The van der Waals surface area contributed by atoms with Gasteiger partial charge in [-0.15, -0.1) is 0 Å². The molecule has 1 aliphatic rings. The quantitative estimate of drug-likeness (QED) is 0.732. The summed E-state index contributed by atoms with van der Waals surface area (Å²) in [5, 5.41) is 4.11. The lowest BCUT2D eigenvalue weighted by molar-refractivity contribution is -0.0704. The zero-order valence-corrected chi connectivity index (χ0v) is 16.3. The summed E-state index contributed by atoms with van der Waals surface area (Å²) in [5.74, 6) is 1.11. The van der Waals surface area contributed by atoms with Crippen molar-refractivity contribution in [3.63, 3.8) is 0 Å². The van der Waals surface area contributed by atoms with Crippen LogP contribution in [0, 0.1) is 0 Å². The maximum absolute atomic E-state index is 5.81. The average molecular weight is 378 g/mol. The molecular formula is C22H26N4O2. The van der Waals surface area contributed by atoms with Gasteiger partial charge in [0.1, 0.15) is 0 Å². The smallest absolute Gasteiger partial charge is 0.258 e.